The molecule has 0 aliphatic carbocycles. The van der Waals surface area contributed by atoms with Crippen LogP contribution in [0.2, 0.25) is 0 Å². The summed E-state index contributed by atoms with van der Waals surface area (Å²) in [4.78, 5) is 16.9. The van der Waals surface area contributed by atoms with Crippen molar-refractivity contribution in [2.75, 3.05) is 32.7 Å². The van der Waals surface area contributed by atoms with Gasteiger partial charge >= 0.3 is 0 Å². The fraction of sp³-hybridized carbons (Fsp3) is 0.632. The van der Waals surface area contributed by atoms with Crippen LogP contribution in [0.15, 0.2) is 24.3 Å². The number of rotatable bonds is 6. The quantitative estimate of drug-likeness (QED) is 0.873. The number of nitrogens with zero attached hydrogens (tertiary/aromatic N) is 2. The molecule has 0 unspecified atom stereocenters. The van der Waals surface area contributed by atoms with Crippen LogP contribution in [0.5, 0.6) is 0 Å². The zero-order chi connectivity index (χ0) is 16.2. The van der Waals surface area contributed by atoms with Gasteiger partial charge in [0.2, 0.25) is 5.91 Å². The Morgan fingerprint density at radius 1 is 1.22 bits per heavy atom. The van der Waals surface area contributed by atoms with Crippen molar-refractivity contribution in [3.05, 3.63) is 35.4 Å². The third kappa shape index (κ3) is 4.55. The molecule has 0 spiro atoms. The minimum Gasteiger partial charge on any atom is -0.355 e. The maximum absolute atomic E-state index is 12.2. The Morgan fingerprint density at radius 2 is 1.91 bits per heavy atom. The Labute approximate surface area is 139 Å². The first kappa shape index (κ1) is 16.5. The summed E-state index contributed by atoms with van der Waals surface area (Å²) in [7, 11) is 0. The number of benzene rings is 1. The van der Waals surface area contributed by atoms with Crippen LogP contribution < -0.4 is 5.32 Å². The van der Waals surface area contributed by atoms with Crippen molar-refractivity contribution in [2.24, 2.45) is 11.8 Å². The summed E-state index contributed by atoms with van der Waals surface area (Å²) < 4.78 is 0. The smallest absolute Gasteiger partial charge is 0.234 e. The highest BCUT2D eigenvalue weighted by atomic mass is 16.2. The van der Waals surface area contributed by atoms with Gasteiger partial charge in [0.15, 0.2) is 0 Å². The zero-order valence-electron chi connectivity index (χ0n) is 14.4. The molecule has 4 heteroatoms. The van der Waals surface area contributed by atoms with E-state index in [-0.39, 0.29) is 5.91 Å². The summed E-state index contributed by atoms with van der Waals surface area (Å²) in [5.41, 5.74) is 2.72. The third-order valence-electron chi connectivity index (χ3n) is 4.85. The largest absolute Gasteiger partial charge is 0.355 e. The number of amides is 1. The van der Waals surface area contributed by atoms with E-state index < -0.39 is 0 Å². The lowest BCUT2D eigenvalue weighted by Crippen LogP contribution is -2.37. The molecule has 1 fully saturated rings. The second kappa shape index (κ2) is 7.45. The van der Waals surface area contributed by atoms with E-state index in [1.165, 1.54) is 30.6 Å². The predicted molar refractivity (Wildman–Crippen MR) is 93.0 cm³/mol. The van der Waals surface area contributed by atoms with E-state index in [0.717, 1.165) is 32.1 Å². The van der Waals surface area contributed by atoms with E-state index in [4.69, 9.17) is 0 Å². The van der Waals surface area contributed by atoms with Gasteiger partial charge in [-0.1, -0.05) is 38.1 Å². The van der Waals surface area contributed by atoms with Gasteiger partial charge in [-0.15, -0.1) is 0 Å². The van der Waals surface area contributed by atoms with Crippen LogP contribution in [0.25, 0.3) is 0 Å². The second-order valence-electron chi connectivity index (χ2n) is 7.53. The molecule has 126 valence electrons. The van der Waals surface area contributed by atoms with Crippen LogP contribution in [0.3, 0.4) is 0 Å². The van der Waals surface area contributed by atoms with Gasteiger partial charge in [-0.2, -0.15) is 0 Å². The Balaban J connectivity index is 1.37. The van der Waals surface area contributed by atoms with Crippen LogP contribution in [-0.4, -0.2) is 48.4 Å². The van der Waals surface area contributed by atoms with Gasteiger partial charge in [0.25, 0.3) is 0 Å². The first-order valence-electron chi connectivity index (χ1n) is 8.88. The number of hydrogen-bond acceptors (Lipinski definition) is 3. The van der Waals surface area contributed by atoms with E-state index in [1.807, 2.05) is 0 Å². The monoisotopic (exact) mass is 315 g/mol. The van der Waals surface area contributed by atoms with E-state index >= 15 is 0 Å². The third-order valence-corrected chi connectivity index (χ3v) is 4.85. The maximum Gasteiger partial charge on any atom is 0.234 e. The van der Waals surface area contributed by atoms with Crippen LogP contribution in [0.1, 0.15) is 31.4 Å². The fourth-order valence-corrected chi connectivity index (χ4v) is 3.79. The molecule has 2 heterocycles. The van der Waals surface area contributed by atoms with Crippen molar-refractivity contribution in [1.82, 2.24) is 15.1 Å². The van der Waals surface area contributed by atoms with Crippen LogP contribution in [-0.2, 0) is 17.9 Å². The van der Waals surface area contributed by atoms with Gasteiger partial charge < -0.3 is 10.2 Å². The first-order chi connectivity index (χ1) is 11.1. The SMILES string of the molecule is CC(C)CN1CC[C@@H](CNC(=O)CN2Cc3ccccc3C2)C1. The van der Waals surface area contributed by atoms with Gasteiger partial charge in [-0.3, -0.25) is 9.69 Å². The van der Waals surface area contributed by atoms with Crippen LogP contribution >= 0.6 is 0 Å². The van der Waals surface area contributed by atoms with Crippen molar-refractivity contribution in [3.63, 3.8) is 0 Å². The highest BCUT2D eigenvalue weighted by Gasteiger charge is 2.24. The summed E-state index contributed by atoms with van der Waals surface area (Å²) in [5, 5.41) is 3.14. The molecule has 0 saturated carbocycles. The highest BCUT2D eigenvalue weighted by molar-refractivity contribution is 5.78. The molecule has 2 aliphatic heterocycles. The van der Waals surface area contributed by atoms with Crippen molar-refractivity contribution in [2.45, 2.75) is 33.4 Å². The lowest BCUT2D eigenvalue weighted by Gasteiger charge is -2.19. The maximum atomic E-state index is 12.2. The molecule has 3 rings (SSSR count). The molecule has 1 N–H and O–H groups in total. The molecule has 1 atom stereocenters. The minimum atomic E-state index is 0.167. The molecule has 0 aromatic heterocycles. The molecular weight excluding hydrogens is 286 g/mol. The predicted octanol–water partition coefficient (Wildman–Crippen LogP) is 2.10. The van der Waals surface area contributed by atoms with Crippen molar-refractivity contribution in [3.8, 4) is 0 Å². The van der Waals surface area contributed by atoms with E-state index in [0.29, 0.717) is 12.5 Å². The van der Waals surface area contributed by atoms with E-state index in [1.54, 1.807) is 0 Å². The van der Waals surface area contributed by atoms with Crippen LogP contribution in [0.4, 0.5) is 0 Å². The number of fused-ring (bicyclic) bond motifs is 1. The molecule has 0 radical (unpaired) electrons. The van der Waals surface area contributed by atoms with Gasteiger partial charge in [0.05, 0.1) is 6.54 Å². The molecule has 2 aliphatic rings. The van der Waals surface area contributed by atoms with Crippen molar-refractivity contribution >= 4 is 5.91 Å². The molecule has 1 saturated heterocycles. The fourth-order valence-electron chi connectivity index (χ4n) is 3.79. The molecule has 4 nitrogen and oxygen atoms in total. The van der Waals surface area contributed by atoms with E-state index in [9.17, 15) is 4.79 Å². The molecule has 1 aromatic rings. The average molecular weight is 315 g/mol. The van der Waals surface area contributed by atoms with Gasteiger partial charge in [-0.05, 0) is 35.9 Å². The summed E-state index contributed by atoms with van der Waals surface area (Å²) in [6.07, 6.45) is 1.21. The van der Waals surface area contributed by atoms with Crippen molar-refractivity contribution < 1.29 is 4.79 Å². The topological polar surface area (TPSA) is 35.6 Å². The number of likely N-dealkylation sites (tertiary alicyclic amines) is 1. The highest BCUT2D eigenvalue weighted by Crippen LogP contribution is 2.21. The van der Waals surface area contributed by atoms with Gasteiger partial charge in [0.1, 0.15) is 0 Å². The summed E-state index contributed by atoms with van der Waals surface area (Å²) >= 11 is 0. The molecule has 23 heavy (non-hydrogen) atoms. The Kier molecular flexibility index (Phi) is 5.34. The number of carbonyl (C=O) groups excluding carboxylic acids is 1. The zero-order valence-corrected chi connectivity index (χ0v) is 14.4. The number of nitrogens with one attached hydrogen (secondary N) is 1. The average Bonchev–Trinajstić information content (AvgIpc) is 3.10. The molecular formula is C19H29N3O. The van der Waals surface area contributed by atoms with Gasteiger partial charge in [-0.25, -0.2) is 0 Å². The van der Waals surface area contributed by atoms with Crippen LogP contribution in [0, 0.1) is 11.8 Å². The molecule has 1 amide bonds. The van der Waals surface area contributed by atoms with Crippen molar-refractivity contribution in [1.29, 1.82) is 0 Å². The first-order valence-corrected chi connectivity index (χ1v) is 8.88. The van der Waals surface area contributed by atoms with Gasteiger partial charge in [0, 0.05) is 32.7 Å². The Hall–Kier alpha value is -1.39. The lowest BCUT2D eigenvalue weighted by atomic mass is 10.1. The minimum absolute atomic E-state index is 0.167. The molecule has 1 aromatic carbocycles. The summed E-state index contributed by atoms with van der Waals surface area (Å²) in [6, 6.07) is 8.47. The van der Waals surface area contributed by atoms with E-state index in [2.05, 4.69) is 53.2 Å². The second-order valence-corrected chi connectivity index (χ2v) is 7.53. The Bertz CT molecular complexity index is 518. The lowest BCUT2D eigenvalue weighted by molar-refractivity contribution is -0.122. The summed E-state index contributed by atoms with van der Waals surface area (Å²) in [5.74, 6) is 1.51. The normalized spacial score (nSPS) is 21.8. The number of carbonyl (C=O) groups is 1. The standard InChI is InChI=1S/C19H29N3O/c1-15(2)10-21-8-7-16(11-21)9-20-19(23)14-22-12-17-5-3-4-6-18(17)13-22/h3-6,15-16H,7-14H2,1-2H3,(H,20,23)/t16-/m0/s1. The number of hydrogen-bond donors (Lipinski definition) is 1. The summed E-state index contributed by atoms with van der Waals surface area (Å²) in [6.45, 7) is 11.2. The Morgan fingerprint density at radius 3 is 2.57 bits per heavy atom. The molecule has 0 bridgehead atoms.